The third-order valence-corrected chi connectivity index (χ3v) is 8.80. The summed E-state index contributed by atoms with van der Waals surface area (Å²) in [6.45, 7) is 7.79. The van der Waals surface area contributed by atoms with Crippen molar-refractivity contribution in [2.75, 3.05) is 21.3 Å². The van der Waals surface area contributed by atoms with E-state index in [1.165, 1.54) is 30.8 Å². The van der Waals surface area contributed by atoms with Crippen molar-refractivity contribution in [3.63, 3.8) is 0 Å². The Bertz CT molecular complexity index is 2780. The summed E-state index contributed by atoms with van der Waals surface area (Å²) >= 11 is 0. The second-order valence-corrected chi connectivity index (χ2v) is 13.2. The van der Waals surface area contributed by atoms with Gasteiger partial charge in [0.15, 0.2) is 6.29 Å². The molecule has 2 heterocycles. The van der Waals surface area contributed by atoms with Gasteiger partial charge in [0.25, 0.3) is 0 Å². The summed E-state index contributed by atoms with van der Waals surface area (Å²) in [5, 5.41) is 60.1. The van der Waals surface area contributed by atoms with Crippen LogP contribution in [0, 0.1) is 73.0 Å². The van der Waals surface area contributed by atoms with Crippen molar-refractivity contribution in [1.82, 2.24) is 19.9 Å². The Morgan fingerprint density at radius 1 is 0.590 bits per heavy atom. The van der Waals surface area contributed by atoms with Gasteiger partial charge in [0.1, 0.15) is 11.6 Å². The lowest BCUT2D eigenvalue weighted by atomic mass is 10.0. The van der Waals surface area contributed by atoms with Crippen LogP contribution in [0.4, 0.5) is 46.3 Å². The number of nitrogens with one attached hydrogen (secondary N) is 4. The van der Waals surface area contributed by atoms with Crippen LogP contribution in [0.15, 0.2) is 102 Å². The number of carbonyl (C=O) groups is 1. The van der Waals surface area contributed by atoms with Gasteiger partial charge < -0.3 is 26.5 Å². The van der Waals surface area contributed by atoms with E-state index in [4.69, 9.17) is 26.3 Å². The highest BCUT2D eigenvalue weighted by Crippen LogP contribution is 2.30. The number of aryl methyl sites for hydroxylation is 4. The Morgan fingerprint density at radius 2 is 0.984 bits per heavy atom. The molecule has 0 aliphatic rings. The average molecular weight is 804 g/mol. The Hall–Kier alpha value is -9.18. The molecule has 0 spiro atoms. The van der Waals surface area contributed by atoms with Gasteiger partial charge in [-0.25, -0.2) is 9.97 Å². The molecule has 15 heteroatoms. The molecule has 5 N–H and O–H groups in total. The molecule has 0 bridgehead atoms. The molecule has 0 saturated carbocycles. The Balaban J connectivity index is 0.000000231. The zero-order chi connectivity index (χ0) is 43.7. The molecule has 6 aromatic rings. The smallest absolute Gasteiger partial charge is 0.229 e. The number of allylic oxidation sites excluding steroid dienone is 2. The highest BCUT2D eigenvalue weighted by molar-refractivity contribution is 5.88. The quantitative estimate of drug-likeness (QED) is 0.0254. The standard InChI is InChI=1S/C23H19N7O.C23H18N6O/c1-15-10-18(4-3-9-24)11-16(2)21(15)29-22-19(14-27-31)13-26-23(30-22)28-20-7-5-17(12-25)6-8-20;1-15-10-18(4-3-9-24)11-16(2)21(15)28-22-19(14-30)13-26-23(29-22)27-20-7-5-17(12-25)6-8-20/h3-8,10-11,13-14,31H,1-2H3,(H2,26,28,29,30);3-8,10-11,13-14H,1-2H3,(H2,26,27,28,29)/b4-3+,27-14+;4-3+. The van der Waals surface area contributed by atoms with Crippen molar-refractivity contribution < 1.29 is 10.0 Å². The fraction of sp³-hybridized carbons (Fsp3) is 0.0870. The van der Waals surface area contributed by atoms with Crippen molar-refractivity contribution in [2.45, 2.75) is 27.7 Å². The zero-order valence-corrected chi connectivity index (χ0v) is 33.4. The maximum atomic E-state index is 11.5. The number of aromatic nitrogens is 4. The van der Waals surface area contributed by atoms with Crippen LogP contribution < -0.4 is 21.3 Å². The predicted molar refractivity (Wildman–Crippen MR) is 235 cm³/mol. The van der Waals surface area contributed by atoms with E-state index in [-0.39, 0.29) is 0 Å². The van der Waals surface area contributed by atoms with Crippen LogP contribution in [0.3, 0.4) is 0 Å². The van der Waals surface area contributed by atoms with Crippen molar-refractivity contribution in [1.29, 1.82) is 21.0 Å². The zero-order valence-electron chi connectivity index (χ0n) is 33.4. The summed E-state index contributed by atoms with van der Waals surface area (Å²) in [5.41, 5.74) is 10.7. The first kappa shape index (κ1) is 43.0. The molecule has 0 fully saturated rings. The molecular weight excluding hydrogens is 767 g/mol. The van der Waals surface area contributed by atoms with Crippen LogP contribution in [-0.2, 0) is 0 Å². The van der Waals surface area contributed by atoms with Gasteiger partial charge >= 0.3 is 0 Å². The summed E-state index contributed by atoms with van der Waals surface area (Å²) in [6, 6.07) is 29.7. The van der Waals surface area contributed by atoms with E-state index < -0.39 is 0 Å². The fourth-order valence-electron chi connectivity index (χ4n) is 5.94. The van der Waals surface area contributed by atoms with Crippen LogP contribution in [0.1, 0.15) is 60.4 Å². The van der Waals surface area contributed by atoms with Crippen molar-refractivity contribution in [3.8, 4) is 24.3 Å². The lowest BCUT2D eigenvalue weighted by Gasteiger charge is -2.15. The minimum atomic E-state index is 0.316. The molecule has 0 unspecified atom stereocenters. The predicted octanol–water partition coefficient (Wildman–Crippen LogP) is 9.60. The van der Waals surface area contributed by atoms with Gasteiger partial charge in [0, 0.05) is 47.3 Å². The van der Waals surface area contributed by atoms with Gasteiger partial charge in [-0.2, -0.15) is 31.0 Å². The van der Waals surface area contributed by atoms with Gasteiger partial charge in [0.2, 0.25) is 11.9 Å². The number of anilines is 8. The number of nitriles is 4. The molecule has 0 atom stereocenters. The summed E-state index contributed by atoms with van der Waals surface area (Å²) in [7, 11) is 0. The van der Waals surface area contributed by atoms with Gasteiger partial charge in [0.05, 0.1) is 52.7 Å². The Labute approximate surface area is 352 Å². The van der Waals surface area contributed by atoms with Gasteiger partial charge in [-0.1, -0.05) is 5.16 Å². The molecule has 15 nitrogen and oxygen atoms in total. The van der Waals surface area contributed by atoms with Crippen molar-refractivity contribution in [3.05, 3.63) is 153 Å². The first-order valence-corrected chi connectivity index (χ1v) is 18.4. The third-order valence-electron chi connectivity index (χ3n) is 8.80. The summed E-state index contributed by atoms with van der Waals surface area (Å²) < 4.78 is 0. The van der Waals surface area contributed by atoms with Gasteiger partial charge in [-0.3, -0.25) is 4.79 Å². The maximum Gasteiger partial charge on any atom is 0.229 e. The van der Waals surface area contributed by atoms with Crippen LogP contribution in [0.5, 0.6) is 0 Å². The van der Waals surface area contributed by atoms with E-state index in [9.17, 15) is 4.79 Å². The highest BCUT2D eigenvalue weighted by Gasteiger charge is 2.13. The number of aldehydes is 1. The summed E-state index contributed by atoms with van der Waals surface area (Å²) in [5.74, 6) is 1.49. The monoisotopic (exact) mass is 803 g/mol. The minimum Gasteiger partial charge on any atom is -0.411 e. The lowest BCUT2D eigenvalue weighted by molar-refractivity contribution is 0.112. The highest BCUT2D eigenvalue weighted by atomic mass is 16.4. The molecule has 0 aliphatic carbocycles. The number of nitrogens with zero attached hydrogens (tertiary/aromatic N) is 9. The summed E-state index contributed by atoms with van der Waals surface area (Å²) in [6.07, 6.45) is 11.3. The maximum absolute atomic E-state index is 11.5. The largest absolute Gasteiger partial charge is 0.411 e. The van der Waals surface area contributed by atoms with Gasteiger partial charge in [-0.15, -0.1) is 0 Å². The topological polar surface area (TPSA) is 244 Å². The van der Waals surface area contributed by atoms with E-state index in [1.54, 1.807) is 60.7 Å². The molecule has 6 rings (SSSR count). The van der Waals surface area contributed by atoms with Crippen LogP contribution in [-0.4, -0.2) is 37.6 Å². The second kappa shape index (κ2) is 20.8. The lowest BCUT2D eigenvalue weighted by Crippen LogP contribution is -2.06. The molecule has 298 valence electrons. The van der Waals surface area contributed by atoms with Crippen LogP contribution >= 0.6 is 0 Å². The van der Waals surface area contributed by atoms with E-state index in [0.29, 0.717) is 52.1 Å². The SMILES string of the molecule is Cc1cc(/C=C/C#N)cc(C)c1Nc1nc(Nc2ccc(C#N)cc2)ncc1/C=N/O.Cc1cc(/C=C/C#N)cc(C)c1Nc1nc(Nc2ccc(C#N)cc2)ncc1C=O. The van der Waals surface area contributed by atoms with Crippen LogP contribution in [0.2, 0.25) is 0 Å². The van der Waals surface area contributed by atoms with Gasteiger partial charge in [-0.05, 0) is 146 Å². The number of hydrogen-bond donors (Lipinski definition) is 5. The minimum absolute atomic E-state index is 0.316. The number of hydrogen-bond acceptors (Lipinski definition) is 15. The Morgan fingerprint density at radius 3 is 1.34 bits per heavy atom. The molecule has 0 amide bonds. The molecule has 0 aliphatic heterocycles. The van der Waals surface area contributed by atoms with E-state index >= 15 is 0 Å². The average Bonchev–Trinajstić information content (AvgIpc) is 3.26. The van der Waals surface area contributed by atoms with E-state index in [1.807, 2.05) is 64.1 Å². The van der Waals surface area contributed by atoms with Crippen molar-refractivity contribution in [2.24, 2.45) is 5.16 Å². The number of benzene rings is 4. The summed E-state index contributed by atoms with van der Waals surface area (Å²) in [4.78, 5) is 28.9. The molecule has 0 saturated heterocycles. The first-order valence-electron chi connectivity index (χ1n) is 18.4. The second-order valence-electron chi connectivity index (χ2n) is 13.2. The van der Waals surface area contributed by atoms with Crippen LogP contribution in [0.25, 0.3) is 12.2 Å². The normalized spacial score (nSPS) is 10.5. The third kappa shape index (κ3) is 11.7. The molecule has 0 radical (unpaired) electrons. The van der Waals surface area contributed by atoms with Crippen molar-refractivity contribution >= 4 is 70.9 Å². The molecule has 4 aromatic carbocycles. The first-order chi connectivity index (χ1) is 29.6. The number of rotatable bonds is 12. The molecule has 2 aromatic heterocycles. The number of carbonyl (C=O) groups excluding carboxylic acids is 1. The molecule has 61 heavy (non-hydrogen) atoms. The molecular formula is C46H37N13O2. The Kier molecular flexibility index (Phi) is 14.7. The van der Waals surface area contributed by atoms with E-state index in [0.717, 1.165) is 56.1 Å². The number of oxime groups is 1. The fourth-order valence-corrected chi connectivity index (χ4v) is 5.94. The van der Waals surface area contributed by atoms with E-state index in [2.05, 4.69) is 58.5 Å².